The maximum absolute atomic E-state index is 12.0. The summed E-state index contributed by atoms with van der Waals surface area (Å²) in [4.78, 5) is 25.6. The molecule has 0 amide bonds. The van der Waals surface area contributed by atoms with Crippen molar-refractivity contribution in [2.45, 2.75) is 6.54 Å². The molecule has 0 fully saturated rings. The summed E-state index contributed by atoms with van der Waals surface area (Å²) in [6, 6.07) is 19.8. The number of aromatic nitrogens is 2. The summed E-state index contributed by atoms with van der Waals surface area (Å²) >= 11 is 0. The van der Waals surface area contributed by atoms with Crippen LogP contribution in [-0.2, 0) is 6.54 Å². The molecule has 0 saturated heterocycles. The molecule has 0 radical (unpaired) electrons. The zero-order valence-corrected chi connectivity index (χ0v) is 12.3. The normalized spacial score (nSPS) is 11.1. The number of aromatic amines is 1. The summed E-state index contributed by atoms with van der Waals surface area (Å²) in [5, 5.41) is 4.51. The molecule has 4 rings (SSSR count). The smallest absolute Gasteiger partial charge is 0.296 e. The van der Waals surface area contributed by atoms with Crippen molar-refractivity contribution in [1.29, 1.82) is 0 Å². The first-order valence-electron chi connectivity index (χ1n) is 7.41. The van der Waals surface area contributed by atoms with Gasteiger partial charge in [0.1, 0.15) is 0 Å². The van der Waals surface area contributed by atoms with E-state index in [2.05, 4.69) is 35.3 Å². The molecule has 4 nitrogen and oxygen atoms in total. The molecule has 4 heteroatoms. The average Bonchev–Trinajstić information content (AvgIpc) is 2.56. The second-order valence-corrected chi connectivity index (χ2v) is 5.54. The van der Waals surface area contributed by atoms with Gasteiger partial charge in [0.15, 0.2) is 0 Å². The van der Waals surface area contributed by atoms with Gasteiger partial charge in [0.2, 0.25) is 0 Å². The van der Waals surface area contributed by atoms with Gasteiger partial charge < -0.3 is 0 Å². The van der Waals surface area contributed by atoms with Crippen LogP contribution in [-0.4, -0.2) is 9.55 Å². The third-order valence-electron chi connectivity index (χ3n) is 4.11. The van der Waals surface area contributed by atoms with Crippen LogP contribution in [0.4, 0.5) is 0 Å². The first-order valence-corrected chi connectivity index (χ1v) is 7.41. The molecule has 0 bridgehead atoms. The molecule has 0 unspecified atom stereocenters. The molecular weight excluding hydrogens is 288 g/mol. The third kappa shape index (κ3) is 2.34. The summed E-state index contributed by atoms with van der Waals surface area (Å²) in [5.74, 6) is 0. The standard InChI is InChI=1S/C19H14N2O2/c22-18-9-10-21(19(23)20-18)12-17-15-7-3-1-5-13(15)11-14-6-2-4-8-16(14)17/h1-11H,12H2,(H,20,22,23). The van der Waals surface area contributed by atoms with E-state index in [1.54, 1.807) is 0 Å². The molecule has 0 aliphatic carbocycles. The highest BCUT2D eigenvalue weighted by atomic mass is 16.2. The summed E-state index contributed by atoms with van der Waals surface area (Å²) in [7, 11) is 0. The van der Waals surface area contributed by atoms with Gasteiger partial charge in [-0.1, -0.05) is 48.5 Å². The number of fused-ring (bicyclic) bond motifs is 2. The van der Waals surface area contributed by atoms with Crippen LogP contribution in [0.2, 0.25) is 0 Å². The highest BCUT2D eigenvalue weighted by Crippen LogP contribution is 2.28. The largest absolute Gasteiger partial charge is 0.328 e. The Morgan fingerprint density at radius 1 is 0.826 bits per heavy atom. The summed E-state index contributed by atoms with van der Waals surface area (Å²) in [6.45, 7) is 0.414. The third-order valence-corrected chi connectivity index (χ3v) is 4.11. The van der Waals surface area contributed by atoms with Crippen LogP contribution < -0.4 is 11.2 Å². The van der Waals surface area contributed by atoms with Crippen LogP contribution in [0.3, 0.4) is 0 Å². The fraction of sp³-hybridized carbons (Fsp3) is 0.0526. The quantitative estimate of drug-likeness (QED) is 0.579. The fourth-order valence-corrected chi connectivity index (χ4v) is 3.02. The molecule has 3 aromatic carbocycles. The van der Waals surface area contributed by atoms with Gasteiger partial charge in [0.05, 0.1) is 6.54 Å². The summed E-state index contributed by atoms with van der Waals surface area (Å²) in [5.41, 5.74) is 0.302. The highest BCUT2D eigenvalue weighted by molar-refractivity contribution is 6.02. The molecule has 23 heavy (non-hydrogen) atoms. The molecule has 0 aliphatic heterocycles. The van der Waals surface area contributed by atoms with E-state index in [0.29, 0.717) is 6.54 Å². The second-order valence-electron chi connectivity index (χ2n) is 5.54. The Morgan fingerprint density at radius 3 is 2.04 bits per heavy atom. The van der Waals surface area contributed by atoms with Crippen molar-refractivity contribution in [1.82, 2.24) is 9.55 Å². The molecular formula is C19H14N2O2. The SMILES string of the molecule is O=c1ccn(Cc2c3ccccc3cc3ccccc23)c(=O)[nH]1. The predicted octanol–water partition coefficient (Wildman–Crippen LogP) is 2.89. The Balaban J connectivity index is 2.03. The maximum Gasteiger partial charge on any atom is 0.328 e. The zero-order chi connectivity index (χ0) is 15.8. The van der Waals surface area contributed by atoms with Gasteiger partial charge in [-0.05, 0) is 33.2 Å². The zero-order valence-electron chi connectivity index (χ0n) is 12.3. The van der Waals surface area contributed by atoms with E-state index in [0.717, 1.165) is 27.1 Å². The van der Waals surface area contributed by atoms with Gasteiger partial charge in [0.25, 0.3) is 5.56 Å². The number of hydrogen-bond donors (Lipinski definition) is 1. The minimum atomic E-state index is -0.394. The number of H-pyrrole nitrogens is 1. The number of hydrogen-bond acceptors (Lipinski definition) is 2. The Bertz CT molecular complexity index is 1090. The number of nitrogens with zero attached hydrogens (tertiary/aromatic N) is 1. The van der Waals surface area contributed by atoms with Crippen LogP contribution in [0.1, 0.15) is 5.56 Å². The molecule has 0 spiro atoms. The van der Waals surface area contributed by atoms with Crippen molar-refractivity contribution < 1.29 is 0 Å². The van der Waals surface area contributed by atoms with Crippen molar-refractivity contribution in [3.8, 4) is 0 Å². The lowest BCUT2D eigenvalue weighted by Crippen LogP contribution is -2.28. The predicted molar refractivity (Wildman–Crippen MR) is 91.9 cm³/mol. The van der Waals surface area contributed by atoms with Crippen LogP contribution in [0.25, 0.3) is 21.5 Å². The average molecular weight is 302 g/mol. The first kappa shape index (κ1) is 13.5. The lowest BCUT2D eigenvalue weighted by atomic mass is 9.97. The van der Waals surface area contributed by atoms with Crippen LogP contribution in [0.15, 0.2) is 76.4 Å². The molecule has 1 aromatic heterocycles. The van der Waals surface area contributed by atoms with Gasteiger partial charge in [-0.25, -0.2) is 4.79 Å². The molecule has 4 aromatic rings. The minimum absolute atomic E-state index is 0.381. The van der Waals surface area contributed by atoms with E-state index in [9.17, 15) is 9.59 Å². The fourth-order valence-electron chi connectivity index (χ4n) is 3.02. The highest BCUT2D eigenvalue weighted by Gasteiger charge is 2.08. The summed E-state index contributed by atoms with van der Waals surface area (Å²) in [6.07, 6.45) is 1.54. The lowest BCUT2D eigenvalue weighted by Gasteiger charge is -2.12. The van der Waals surface area contributed by atoms with E-state index in [-0.39, 0.29) is 5.56 Å². The number of benzene rings is 3. The van der Waals surface area contributed by atoms with Gasteiger partial charge in [-0.2, -0.15) is 0 Å². The van der Waals surface area contributed by atoms with E-state index in [4.69, 9.17) is 0 Å². The van der Waals surface area contributed by atoms with Crippen molar-refractivity contribution in [2.75, 3.05) is 0 Å². The molecule has 1 heterocycles. The Kier molecular flexibility index (Phi) is 3.08. The van der Waals surface area contributed by atoms with E-state index in [1.807, 2.05) is 24.3 Å². The topological polar surface area (TPSA) is 54.9 Å². The number of nitrogens with one attached hydrogen (secondary N) is 1. The molecule has 0 atom stereocenters. The number of rotatable bonds is 2. The monoisotopic (exact) mass is 302 g/mol. The van der Waals surface area contributed by atoms with Crippen molar-refractivity contribution >= 4 is 21.5 Å². The molecule has 112 valence electrons. The minimum Gasteiger partial charge on any atom is -0.296 e. The Morgan fingerprint density at radius 2 is 1.43 bits per heavy atom. The van der Waals surface area contributed by atoms with E-state index < -0.39 is 5.69 Å². The van der Waals surface area contributed by atoms with Crippen molar-refractivity contribution in [3.05, 3.63) is 93.3 Å². The van der Waals surface area contributed by atoms with Gasteiger partial charge >= 0.3 is 5.69 Å². The molecule has 0 aliphatic rings. The Hall–Kier alpha value is -3.14. The van der Waals surface area contributed by atoms with E-state index >= 15 is 0 Å². The lowest BCUT2D eigenvalue weighted by molar-refractivity contribution is 0.727. The van der Waals surface area contributed by atoms with Crippen molar-refractivity contribution in [2.24, 2.45) is 0 Å². The van der Waals surface area contributed by atoms with Crippen molar-refractivity contribution in [3.63, 3.8) is 0 Å². The van der Waals surface area contributed by atoms with E-state index in [1.165, 1.54) is 16.8 Å². The molecule has 1 N–H and O–H groups in total. The Labute approximate surface area is 131 Å². The summed E-state index contributed by atoms with van der Waals surface area (Å²) < 4.78 is 1.52. The van der Waals surface area contributed by atoms with Gasteiger partial charge in [-0.15, -0.1) is 0 Å². The van der Waals surface area contributed by atoms with Crippen LogP contribution >= 0.6 is 0 Å². The van der Waals surface area contributed by atoms with Gasteiger partial charge in [-0.3, -0.25) is 14.3 Å². The van der Waals surface area contributed by atoms with Crippen LogP contribution in [0.5, 0.6) is 0 Å². The maximum atomic E-state index is 12.0. The second kappa shape index (κ2) is 5.25. The molecule has 0 saturated carbocycles. The van der Waals surface area contributed by atoms with Gasteiger partial charge in [0, 0.05) is 12.3 Å². The first-order chi connectivity index (χ1) is 11.2. The van der Waals surface area contributed by atoms with Crippen LogP contribution in [0, 0.1) is 0 Å².